The summed E-state index contributed by atoms with van der Waals surface area (Å²) in [5.41, 5.74) is 0. The first kappa shape index (κ1) is 17.3. The van der Waals surface area contributed by atoms with Gasteiger partial charge in [0.05, 0.1) is 15.8 Å². The van der Waals surface area contributed by atoms with E-state index < -0.39 is 9.84 Å². The Hall–Kier alpha value is -0.720. The van der Waals surface area contributed by atoms with Crippen LogP contribution in [0.2, 0.25) is 10.0 Å². The molecule has 0 bridgehead atoms. The van der Waals surface area contributed by atoms with E-state index >= 15 is 0 Å². The van der Waals surface area contributed by atoms with Gasteiger partial charge in [0.2, 0.25) is 0 Å². The lowest BCUT2D eigenvalue weighted by molar-refractivity contribution is 0.598. The van der Waals surface area contributed by atoms with E-state index in [-0.39, 0.29) is 11.8 Å². The molecule has 1 aromatic heterocycles. The molecular weight excluding hydrogens is 321 g/mol. The molecule has 1 aromatic rings. The second kappa shape index (κ2) is 7.33. The Balaban J connectivity index is 2.88. The van der Waals surface area contributed by atoms with Crippen molar-refractivity contribution in [1.82, 2.24) is 4.98 Å². The van der Waals surface area contributed by atoms with Crippen molar-refractivity contribution in [2.75, 3.05) is 29.2 Å². The Kier molecular flexibility index (Phi) is 6.36. The van der Waals surface area contributed by atoms with E-state index in [0.29, 0.717) is 21.7 Å². The highest BCUT2D eigenvalue weighted by molar-refractivity contribution is 7.90. The minimum atomic E-state index is -3.06. The lowest BCUT2D eigenvalue weighted by Gasteiger charge is -2.16. The first-order chi connectivity index (χ1) is 9.23. The molecule has 114 valence electrons. The van der Waals surface area contributed by atoms with Crippen molar-refractivity contribution in [3.63, 3.8) is 0 Å². The minimum Gasteiger partial charge on any atom is -0.369 e. The van der Waals surface area contributed by atoms with E-state index in [4.69, 9.17) is 23.2 Å². The van der Waals surface area contributed by atoms with Gasteiger partial charge in [-0.3, -0.25) is 0 Å². The summed E-state index contributed by atoms with van der Waals surface area (Å²) >= 11 is 12.1. The summed E-state index contributed by atoms with van der Waals surface area (Å²) in [6.45, 7) is 4.53. The van der Waals surface area contributed by atoms with Crippen molar-refractivity contribution in [1.29, 1.82) is 0 Å². The van der Waals surface area contributed by atoms with Gasteiger partial charge in [0.1, 0.15) is 21.5 Å². The van der Waals surface area contributed by atoms with Crippen LogP contribution >= 0.6 is 23.2 Å². The molecule has 2 N–H and O–H groups in total. The number of anilines is 2. The van der Waals surface area contributed by atoms with Gasteiger partial charge >= 0.3 is 0 Å². The lowest BCUT2D eigenvalue weighted by Crippen LogP contribution is -2.25. The van der Waals surface area contributed by atoms with Crippen LogP contribution in [0.3, 0.4) is 0 Å². The summed E-state index contributed by atoms with van der Waals surface area (Å²) in [6.07, 6.45) is 2.13. The third-order valence-electron chi connectivity index (χ3n) is 2.41. The van der Waals surface area contributed by atoms with Crippen LogP contribution in [0, 0.1) is 0 Å². The molecule has 0 fully saturated rings. The maximum Gasteiger partial charge on any atom is 0.149 e. The predicted molar refractivity (Wildman–Crippen MR) is 85.8 cm³/mol. The normalized spacial score (nSPS) is 13.1. The van der Waals surface area contributed by atoms with Crippen molar-refractivity contribution >= 4 is 44.7 Å². The summed E-state index contributed by atoms with van der Waals surface area (Å²) in [4.78, 5) is 4.30. The van der Waals surface area contributed by atoms with Gasteiger partial charge in [-0.25, -0.2) is 13.4 Å². The van der Waals surface area contributed by atoms with Gasteiger partial charge in [-0.2, -0.15) is 0 Å². The van der Waals surface area contributed by atoms with Crippen molar-refractivity contribution in [3.05, 3.63) is 16.1 Å². The first-order valence-corrected chi connectivity index (χ1v) is 9.08. The van der Waals surface area contributed by atoms with E-state index in [1.807, 2.05) is 6.92 Å². The molecule has 0 aliphatic heterocycles. The molecule has 0 radical (unpaired) electrons. The quantitative estimate of drug-likeness (QED) is 0.798. The molecule has 1 unspecified atom stereocenters. The van der Waals surface area contributed by atoms with Crippen LogP contribution in [0.4, 0.5) is 11.6 Å². The Morgan fingerprint density at radius 1 is 1.30 bits per heavy atom. The van der Waals surface area contributed by atoms with E-state index in [1.165, 1.54) is 6.26 Å². The zero-order valence-electron chi connectivity index (χ0n) is 11.7. The van der Waals surface area contributed by atoms with Crippen LogP contribution in [-0.4, -0.2) is 38.0 Å². The molecule has 0 spiro atoms. The van der Waals surface area contributed by atoms with Crippen LogP contribution in [0.1, 0.15) is 20.3 Å². The molecule has 20 heavy (non-hydrogen) atoms. The SMILES string of the molecule is CCCNc1nc(NC(C)CS(C)(=O)=O)c(Cl)cc1Cl. The standard InChI is InChI=1S/C12H19Cl2N3O2S/c1-4-5-15-11-9(13)6-10(14)12(17-11)16-8(2)7-20(3,18)19/h6,8H,4-5,7H2,1-3H3,(H2,15,16,17). The van der Waals surface area contributed by atoms with Crippen molar-refractivity contribution in [2.45, 2.75) is 26.3 Å². The molecule has 0 aliphatic carbocycles. The number of pyridine rings is 1. The highest BCUT2D eigenvalue weighted by atomic mass is 35.5. The summed E-state index contributed by atoms with van der Waals surface area (Å²) < 4.78 is 22.5. The fraction of sp³-hybridized carbons (Fsp3) is 0.583. The molecule has 8 heteroatoms. The Morgan fingerprint density at radius 2 is 1.90 bits per heavy atom. The van der Waals surface area contributed by atoms with E-state index in [2.05, 4.69) is 15.6 Å². The summed E-state index contributed by atoms with van der Waals surface area (Å²) in [5, 5.41) is 6.88. The Morgan fingerprint density at radius 3 is 2.45 bits per heavy atom. The number of nitrogens with zero attached hydrogens (tertiary/aromatic N) is 1. The number of nitrogens with one attached hydrogen (secondary N) is 2. The fourth-order valence-corrected chi connectivity index (χ4v) is 3.14. The monoisotopic (exact) mass is 339 g/mol. The Bertz CT molecular complexity index is 564. The van der Waals surface area contributed by atoms with Crippen molar-refractivity contribution < 1.29 is 8.42 Å². The van der Waals surface area contributed by atoms with Gasteiger partial charge < -0.3 is 10.6 Å². The topological polar surface area (TPSA) is 71.1 Å². The van der Waals surface area contributed by atoms with E-state index in [9.17, 15) is 8.42 Å². The highest BCUT2D eigenvalue weighted by Gasteiger charge is 2.14. The number of hydrogen-bond donors (Lipinski definition) is 2. The van der Waals surface area contributed by atoms with Crippen LogP contribution in [0.5, 0.6) is 0 Å². The van der Waals surface area contributed by atoms with Gasteiger partial charge in [0.15, 0.2) is 0 Å². The number of halogens is 2. The van der Waals surface area contributed by atoms with Crippen LogP contribution in [-0.2, 0) is 9.84 Å². The minimum absolute atomic E-state index is 0.00531. The molecule has 1 rings (SSSR count). The largest absolute Gasteiger partial charge is 0.369 e. The molecule has 1 heterocycles. The predicted octanol–water partition coefficient (Wildman–Crippen LogP) is 3.06. The van der Waals surface area contributed by atoms with Crippen LogP contribution in [0.15, 0.2) is 6.07 Å². The zero-order chi connectivity index (χ0) is 15.3. The van der Waals surface area contributed by atoms with Gasteiger partial charge in [-0.1, -0.05) is 30.1 Å². The lowest BCUT2D eigenvalue weighted by atomic mass is 10.3. The fourth-order valence-electron chi connectivity index (χ4n) is 1.66. The molecule has 1 atom stereocenters. The number of sulfone groups is 1. The molecule has 5 nitrogen and oxygen atoms in total. The van der Waals surface area contributed by atoms with Crippen molar-refractivity contribution in [2.24, 2.45) is 0 Å². The average molecular weight is 340 g/mol. The molecule has 0 amide bonds. The Labute approximate surface area is 130 Å². The van der Waals surface area contributed by atoms with Gasteiger partial charge in [0, 0.05) is 18.8 Å². The number of hydrogen-bond acceptors (Lipinski definition) is 5. The number of rotatable bonds is 7. The van der Waals surface area contributed by atoms with Crippen LogP contribution in [0.25, 0.3) is 0 Å². The molecule has 0 saturated heterocycles. The van der Waals surface area contributed by atoms with Crippen LogP contribution < -0.4 is 10.6 Å². The van der Waals surface area contributed by atoms with Gasteiger partial charge in [0.25, 0.3) is 0 Å². The smallest absolute Gasteiger partial charge is 0.149 e. The second-order valence-electron chi connectivity index (χ2n) is 4.71. The van der Waals surface area contributed by atoms with Crippen molar-refractivity contribution in [3.8, 4) is 0 Å². The third-order valence-corrected chi connectivity index (χ3v) is 4.09. The maximum atomic E-state index is 11.3. The summed E-state index contributed by atoms with van der Waals surface area (Å²) in [7, 11) is -3.06. The number of aromatic nitrogens is 1. The summed E-state index contributed by atoms with van der Waals surface area (Å²) in [6, 6.07) is 1.29. The highest BCUT2D eigenvalue weighted by Crippen LogP contribution is 2.29. The first-order valence-electron chi connectivity index (χ1n) is 6.27. The average Bonchev–Trinajstić information content (AvgIpc) is 2.28. The maximum absolute atomic E-state index is 11.3. The molecule has 0 saturated carbocycles. The second-order valence-corrected chi connectivity index (χ2v) is 7.71. The summed E-state index contributed by atoms with van der Waals surface area (Å²) in [5.74, 6) is 0.962. The van der Waals surface area contributed by atoms with Gasteiger partial charge in [-0.15, -0.1) is 0 Å². The molecule has 0 aromatic carbocycles. The molecule has 0 aliphatic rings. The third kappa shape index (κ3) is 5.73. The van der Waals surface area contributed by atoms with E-state index in [0.717, 1.165) is 13.0 Å². The zero-order valence-corrected chi connectivity index (χ0v) is 14.0. The molecular formula is C12H19Cl2N3O2S. The van der Waals surface area contributed by atoms with E-state index in [1.54, 1.807) is 13.0 Å². The van der Waals surface area contributed by atoms with Gasteiger partial charge in [-0.05, 0) is 19.4 Å².